The lowest BCUT2D eigenvalue weighted by atomic mass is 10.2. The zero-order chi connectivity index (χ0) is 14.5. The quantitative estimate of drug-likeness (QED) is 0.872. The first-order chi connectivity index (χ1) is 9.52. The van der Waals surface area contributed by atoms with Gasteiger partial charge in [-0.3, -0.25) is 0 Å². The van der Waals surface area contributed by atoms with Crippen LogP contribution in [0.3, 0.4) is 0 Å². The predicted molar refractivity (Wildman–Crippen MR) is 79.8 cm³/mol. The van der Waals surface area contributed by atoms with Gasteiger partial charge in [-0.1, -0.05) is 19.9 Å². The number of hydrogen-bond acceptors (Lipinski definition) is 4. The van der Waals surface area contributed by atoms with Crippen LogP contribution in [0.15, 0.2) is 30.3 Å². The van der Waals surface area contributed by atoms with Gasteiger partial charge < -0.3 is 10.6 Å². The van der Waals surface area contributed by atoms with Crippen molar-refractivity contribution in [1.82, 2.24) is 9.97 Å². The average Bonchev–Trinajstić information content (AvgIpc) is 2.35. The SMILES string of the molecule is Cc1nc(NCC(C)C)cc(Nc2cccc(F)c2)n1. The maximum Gasteiger partial charge on any atom is 0.136 e. The summed E-state index contributed by atoms with van der Waals surface area (Å²) in [5.74, 6) is 2.33. The first kappa shape index (κ1) is 14.2. The van der Waals surface area contributed by atoms with Crippen molar-refractivity contribution in [2.75, 3.05) is 17.2 Å². The summed E-state index contributed by atoms with van der Waals surface area (Å²) in [5.41, 5.74) is 0.665. The first-order valence-electron chi connectivity index (χ1n) is 6.65. The molecule has 2 aromatic rings. The molecule has 0 saturated heterocycles. The van der Waals surface area contributed by atoms with Gasteiger partial charge in [0.1, 0.15) is 23.3 Å². The van der Waals surface area contributed by atoms with Crippen molar-refractivity contribution in [2.24, 2.45) is 5.92 Å². The maximum absolute atomic E-state index is 13.2. The largest absolute Gasteiger partial charge is 0.370 e. The van der Waals surface area contributed by atoms with Crippen molar-refractivity contribution in [2.45, 2.75) is 20.8 Å². The maximum atomic E-state index is 13.2. The number of benzene rings is 1. The van der Waals surface area contributed by atoms with E-state index in [1.165, 1.54) is 12.1 Å². The lowest BCUT2D eigenvalue weighted by Gasteiger charge is -2.11. The van der Waals surface area contributed by atoms with Gasteiger partial charge in [0.05, 0.1) is 0 Å². The zero-order valence-electron chi connectivity index (χ0n) is 11.9. The molecule has 0 atom stereocenters. The second-order valence-corrected chi connectivity index (χ2v) is 5.10. The van der Waals surface area contributed by atoms with Crippen LogP contribution in [-0.4, -0.2) is 16.5 Å². The van der Waals surface area contributed by atoms with Gasteiger partial charge in [0.15, 0.2) is 0 Å². The number of hydrogen-bond donors (Lipinski definition) is 2. The van der Waals surface area contributed by atoms with Gasteiger partial charge in [-0.05, 0) is 31.0 Å². The average molecular weight is 274 g/mol. The first-order valence-corrected chi connectivity index (χ1v) is 6.65. The van der Waals surface area contributed by atoms with Gasteiger partial charge >= 0.3 is 0 Å². The second-order valence-electron chi connectivity index (χ2n) is 5.10. The molecule has 0 aliphatic carbocycles. The number of nitrogens with one attached hydrogen (secondary N) is 2. The van der Waals surface area contributed by atoms with Crippen molar-refractivity contribution in [3.05, 3.63) is 42.0 Å². The van der Waals surface area contributed by atoms with E-state index in [-0.39, 0.29) is 5.82 Å². The molecule has 5 heteroatoms. The third kappa shape index (κ3) is 4.19. The van der Waals surface area contributed by atoms with E-state index in [1.54, 1.807) is 12.1 Å². The van der Waals surface area contributed by atoms with E-state index in [1.807, 2.05) is 13.0 Å². The predicted octanol–water partition coefficient (Wildman–Crippen LogP) is 3.74. The van der Waals surface area contributed by atoms with E-state index < -0.39 is 0 Å². The molecule has 0 spiro atoms. The Bertz CT molecular complexity index is 584. The molecule has 0 saturated carbocycles. The molecule has 106 valence electrons. The van der Waals surface area contributed by atoms with Crippen molar-refractivity contribution in [3.63, 3.8) is 0 Å². The van der Waals surface area contributed by atoms with Crippen LogP contribution >= 0.6 is 0 Å². The van der Waals surface area contributed by atoms with Gasteiger partial charge in [-0.25, -0.2) is 14.4 Å². The summed E-state index contributed by atoms with van der Waals surface area (Å²) in [6, 6.07) is 8.11. The molecule has 0 radical (unpaired) electrons. The van der Waals surface area contributed by atoms with Gasteiger partial charge in [-0.2, -0.15) is 0 Å². The van der Waals surface area contributed by atoms with Crippen LogP contribution in [0, 0.1) is 18.7 Å². The number of aromatic nitrogens is 2. The highest BCUT2D eigenvalue weighted by atomic mass is 19.1. The molecule has 0 unspecified atom stereocenters. The number of anilines is 3. The van der Waals surface area contributed by atoms with E-state index in [4.69, 9.17) is 0 Å². The number of halogens is 1. The van der Waals surface area contributed by atoms with Crippen LogP contribution in [0.1, 0.15) is 19.7 Å². The van der Waals surface area contributed by atoms with E-state index in [0.29, 0.717) is 23.2 Å². The van der Waals surface area contributed by atoms with Gasteiger partial charge in [0, 0.05) is 18.3 Å². The topological polar surface area (TPSA) is 49.8 Å². The van der Waals surface area contributed by atoms with Gasteiger partial charge in [0.2, 0.25) is 0 Å². The molecule has 0 aliphatic heterocycles. The molecule has 1 aromatic carbocycles. The molecule has 0 aliphatic rings. The third-order valence-electron chi connectivity index (χ3n) is 2.63. The number of rotatable bonds is 5. The molecular formula is C15H19FN4. The molecule has 0 amide bonds. The van der Waals surface area contributed by atoms with Crippen LogP contribution in [-0.2, 0) is 0 Å². The fourth-order valence-electron chi connectivity index (χ4n) is 1.75. The Labute approximate surface area is 118 Å². The number of nitrogens with zero attached hydrogens (tertiary/aromatic N) is 2. The molecule has 20 heavy (non-hydrogen) atoms. The fourth-order valence-corrected chi connectivity index (χ4v) is 1.75. The van der Waals surface area contributed by atoms with Gasteiger partial charge in [-0.15, -0.1) is 0 Å². The lowest BCUT2D eigenvalue weighted by molar-refractivity contribution is 0.628. The Morgan fingerprint density at radius 2 is 1.90 bits per heavy atom. The fraction of sp³-hybridized carbons (Fsp3) is 0.333. The summed E-state index contributed by atoms with van der Waals surface area (Å²) in [6.07, 6.45) is 0. The Morgan fingerprint density at radius 1 is 1.15 bits per heavy atom. The van der Waals surface area contributed by atoms with E-state index in [9.17, 15) is 4.39 Å². The minimum absolute atomic E-state index is 0.279. The summed E-state index contributed by atoms with van der Waals surface area (Å²) >= 11 is 0. The standard InChI is InChI=1S/C15H19FN4/c1-10(2)9-17-14-8-15(19-11(3)18-14)20-13-6-4-5-12(16)7-13/h4-8,10H,9H2,1-3H3,(H2,17,18,19,20). The van der Waals surface area contributed by atoms with Crippen LogP contribution in [0.2, 0.25) is 0 Å². The monoisotopic (exact) mass is 274 g/mol. The minimum atomic E-state index is -0.279. The van der Waals surface area contributed by atoms with Crippen LogP contribution in [0.25, 0.3) is 0 Å². The smallest absolute Gasteiger partial charge is 0.136 e. The Kier molecular flexibility index (Phi) is 4.50. The lowest BCUT2D eigenvalue weighted by Crippen LogP contribution is -2.10. The van der Waals surface area contributed by atoms with Crippen molar-refractivity contribution in [3.8, 4) is 0 Å². The summed E-state index contributed by atoms with van der Waals surface area (Å²) in [7, 11) is 0. The van der Waals surface area contributed by atoms with Crippen molar-refractivity contribution in [1.29, 1.82) is 0 Å². The second kappa shape index (κ2) is 6.32. The molecule has 4 nitrogen and oxygen atoms in total. The van der Waals surface area contributed by atoms with Crippen molar-refractivity contribution < 1.29 is 4.39 Å². The van der Waals surface area contributed by atoms with Crippen LogP contribution in [0.5, 0.6) is 0 Å². The summed E-state index contributed by atoms with van der Waals surface area (Å²) in [5, 5.41) is 6.34. The molecular weight excluding hydrogens is 255 g/mol. The van der Waals surface area contributed by atoms with Crippen LogP contribution < -0.4 is 10.6 Å². The molecule has 2 rings (SSSR count). The highest BCUT2D eigenvalue weighted by molar-refractivity contribution is 5.59. The summed E-state index contributed by atoms with van der Waals surface area (Å²) in [4.78, 5) is 8.63. The van der Waals surface area contributed by atoms with E-state index in [2.05, 4.69) is 34.4 Å². The molecule has 1 heterocycles. The number of aryl methyl sites for hydroxylation is 1. The van der Waals surface area contributed by atoms with E-state index >= 15 is 0 Å². The van der Waals surface area contributed by atoms with Gasteiger partial charge in [0.25, 0.3) is 0 Å². The van der Waals surface area contributed by atoms with Crippen molar-refractivity contribution >= 4 is 17.3 Å². The molecule has 2 N–H and O–H groups in total. The van der Waals surface area contributed by atoms with E-state index in [0.717, 1.165) is 12.4 Å². The normalized spacial score (nSPS) is 10.7. The Hall–Kier alpha value is -2.17. The summed E-state index contributed by atoms with van der Waals surface area (Å²) in [6.45, 7) is 6.94. The highest BCUT2D eigenvalue weighted by Gasteiger charge is 2.03. The highest BCUT2D eigenvalue weighted by Crippen LogP contribution is 2.18. The van der Waals surface area contributed by atoms with Crippen LogP contribution in [0.4, 0.5) is 21.7 Å². The Balaban J connectivity index is 2.15. The molecule has 0 bridgehead atoms. The minimum Gasteiger partial charge on any atom is -0.370 e. The summed E-state index contributed by atoms with van der Waals surface area (Å²) < 4.78 is 13.2. The molecule has 1 aromatic heterocycles. The zero-order valence-corrected chi connectivity index (χ0v) is 11.9. The Morgan fingerprint density at radius 3 is 2.60 bits per heavy atom. The third-order valence-corrected chi connectivity index (χ3v) is 2.63. The molecule has 0 fully saturated rings.